The highest BCUT2D eigenvalue weighted by Crippen LogP contribution is 2.33. The van der Waals surface area contributed by atoms with Crippen LogP contribution >= 0.6 is 22.9 Å². The summed E-state index contributed by atoms with van der Waals surface area (Å²) in [7, 11) is 0. The number of nitrogens with zero attached hydrogens (tertiary/aromatic N) is 1. The molecule has 3 rings (SSSR count). The summed E-state index contributed by atoms with van der Waals surface area (Å²) < 4.78 is 14.7. The number of anilines is 1. The van der Waals surface area contributed by atoms with E-state index in [0.29, 0.717) is 10.6 Å². The maximum atomic E-state index is 13.7. The van der Waals surface area contributed by atoms with E-state index in [1.165, 1.54) is 17.4 Å². The molecule has 0 spiro atoms. The van der Waals surface area contributed by atoms with Crippen molar-refractivity contribution in [3.63, 3.8) is 0 Å². The minimum absolute atomic E-state index is 0.157. The highest BCUT2D eigenvalue weighted by molar-refractivity contribution is 7.22. The summed E-state index contributed by atoms with van der Waals surface area (Å²) in [6, 6.07) is 12.2. The third-order valence-electron chi connectivity index (χ3n) is 3.08. The Bertz CT molecular complexity index is 756. The third kappa shape index (κ3) is 2.49. The first-order valence-electron chi connectivity index (χ1n) is 6.21. The van der Waals surface area contributed by atoms with Crippen LogP contribution in [0.2, 0.25) is 5.02 Å². The van der Waals surface area contributed by atoms with E-state index in [1.807, 2.05) is 31.2 Å². The van der Waals surface area contributed by atoms with Crippen LogP contribution in [0.5, 0.6) is 0 Å². The Hall–Kier alpha value is -1.65. The van der Waals surface area contributed by atoms with Gasteiger partial charge in [0.25, 0.3) is 0 Å². The largest absolute Gasteiger partial charge is 0.355 e. The quantitative estimate of drug-likeness (QED) is 0.713. The molecule has 2 aromatic carbocycles. The van der Waals surface area contributed by atoms with E-state index in [4.69, 9.17) is 11.6 Å². The molecule has 1 aromatic heterocycles. The molecule has 0 saturated heterocycles. The fraction of sp³-hybridized carbons (Fsp3) is 0.133. The normalized spacial score (nSPS) is 12.6. The third-order valence-corrected chi connectivity index (χ3v) is 4.54. The molecule has 0 amide bonds. The lowest BCUT2D eigenvalue weighted by Crippen LogP contribution is -2.08. The zero-order valence-electron chi connectivity index (χ0n) is 10.7. The highest BCUT2D eigenvalue weighted by Gasteiger charge is 2.13. The van der Waals surface area contributed by atoms with Gasteiger partial charge in [0.2, 0.25) is 0 Å². The predicted octanol–water partition coefficient (Wildman–Crippen LogP) is 5.26. The van der Waals surface area contributed by atoms with Crippen molar-refractivity contribution in [2.24, 2.45) is 0 Å². The summed E-state index contributed by atoms with van der Waals surface area (Å²) in [5, 5.41) is 4.65. The van der Waals surface area contributed by atoms with E-state index in [0.717, 1.165) is 15.3 Å². The molecule has 1 unspecified atom stereocenters. The molecule has 0 aliphatic carbocycles. The second-order valence-electron chi connectivity index (χ2n) is 4.49. The first kappa shape index (κ1) is 13.3. The monoisotopic (exact) mass is 306 g/mol. The second kappa shape index (κ2) is 5.38. The van der Waals surface area contributed by atoms with Gasteiger partial charge in [0.05, 0.1) is 21.3 Å². The lowest BCUT2D eigenvalue weighted by Gasteiger charge is -2.13. The molecular formula is C15H12ClFN2S. The fourth-order valence-corrected chi connectivity index (χ4v) is 3.31. The summed E-state index contributed by atoms with van der Waals surface area (Å²) in [6.45, 7) is 1.91. The van der Waals surface area contributed by atoms with Crippen LogP contribution in [0.25, 0.3) is 10.2 Å². The zero-order valence-corrected chi connectivity index (χ0v) is 12.3. The van der Waals surface area contributed by atoms with Crippen molar-refractivity contribution in [1.29, 1.82) is 0 Å². The van der Waals surface area contributed by atoms with Crippen molar-refractivity contribution in [1.82, 2.24) is 4.98 Å². The Morgan fingerprint density at radius 1 is 1.20 bits per heavy atom. The summed E-state index contributed by atoms with van der Waals surface area (Å²) in [5.74, 6) is -0.216. The number of hydrogen-bond acceptors (Lipinski definition) is 3. The second-order valence-corrected chi connectivity index (χ2v) is 5.90. The molecule has 5 heteroatoms. The van der Waals surface area contributed by atoms with Gasteiger partial charge in [0.15, 0.2) is 5.13 Å². The predicted molar refractivity (Wildman–Crippen MR) is 83.1 cm³/mol. The first-order valence-corrected chi connectivity index (χ1v) is 7.40. The highest BCUT2D eigenvalue weighted by atomic mass is 35.5. The van der Waals surface area contributed by atoms with Crippen molar-refractivity contribution in [3.8, 4) is 0 Å². The average molecular weight is 307 g/mol. The molecule has 0 bridgehead atoms. The lowest BCUT2D eigenvalue weighted by atomic mass is 10.1. The smallest absolute Gasteiger partial charge is 0.184 e. The van der Waals surface area contributed by atoms with E-state index < -0.39 is 0 Å². The van der Waals surface area contributed by atoms with Gasteiger partial charge in [-0.25, -0.2) is 9.37 Å². The minimum Gasteiger partial charge on any atom is -0.355 e. The molecule has 1 heterocycles. The maximum Gasteiger partial charge on any atom is 0.184 e. The molecule has 2 nitrogen and oxygen atoms in total. The molecule has 0 fully saturated rings. The first-order chi connectivity index (χ1) is 9.65. The van der Waals surface area contributed by atoms with E-state index in [1.54, 1.807) is 12.1 Å². The summed E-state index contributed by atoms with van der Waals surface area (Å²) >= 11 is 7.61. The van der Waals surface area contributed by atoms with Gasteiger partial charge in [0.1, 0.15) is 5.82 Å². The van der Waals surface area contributed by atoms with Gasteiger partial charge in [-0.3, -0.25) is 0 Å². The zero-order chi connectivity index (χ0) is 14.1. The van der Waals surface area contributed by atoms with Crippen molar-refractivity contribution in [3.05, 3.63) is 58.9 Å². The van der Waals surface area contributed by atoms with Crippen molar-refractivity contribution >= 4 is 38.3 Å². The van der Waals surface area contributed by atoms with Gasteiger partial charge in [-0.2, -0.15) is 0 Å². The topological polar surface area (TPSA) is 24.9 Å². The molecule has 0 radical (unpaired) electrons. The molecule has 20 heavy (non-hydrogen) atoms. The van der Waals surface area contributed by atoms with Gasteiger partial charge in [-0.15, -0.1) is 0 Å². The lowest BCUT2D eigenvalue weighted by molar-refractivity contribution is 0.600. The van der Waals surface area contributed by atoms with Crippen LogP contribution in [0, 0.1) is 5.82 Å². The van der Waals surface area contributed by atoms with Gasteiger partial charge < -0.3 is 5.32 Å². The Labute approximate surface area is 125 Å². The van der Waals surface area contributed by atoms with Crippen LogP contribution in [-0.4, -0.2) is 4.98 Å². The number of halogens is 2. The van der Waals surface area contributed by atoms with Crippen LogP contribution in [0.4, 0.5) is 9.52 Å². The van der Waals surface area contributed by atoms with Gasteiger partial charge >= 0.3 is 0 Å². The number of benzene rings is 2. The Morgan fingerprint density at radius 3 is 2.75 bits per heavy atom. The minimum atomic E-state index is -0.216. The van der Waals surface area contributed by atoms with Crippen molar-refractivity contribution in [2.75, 3.05) is 5.32 Å². The number of nitrogens with one attached hydrogen (secondary N) is 1. The number of aromatic nitrogens is 1. The van der Waals surface area contributed by atoms with Crippen LogP contribution in [0.15, 0.2) is 42.5 Å². The molecule has 0 saturated carbocycles. The average Bonchev–Trinajstić information content (AvgIpc) is 2.83. The van der Waals surface area contributed by atoms with Crippen LogP contribution in [-0.2, 0) is 0 Å². The molecule has 0 aliphatic heterocycles. The Balaban J connectivity index is 1.90. The molecule has 1 atom stereocenters. The standard InChI is InChI=1S/C15H12ClFN2S/c1-9(10-5-2-3-7-12(10)17)18-15-19-13-8-4-6-11(16)14(13)20-15/h2-9H,1H3,(H,18,19). The number of fused-ring (bicyclic) bond motifs is 1. The van der Waals surface area contributed by atoms with Crippen molar-refractivity contribution < 1.29 is 4.39 Å². The Morgan fingerprint density at radius 2 is 2.00 bits per heavy atom. The van der Waals surface area contributed by atoms with Crippen LogP contribution < -0.4 is 5.32 Å². The van der Waals surface area contributed by atoms with E-state index >= 15 is 0 Å². The molecular weight excluding hydrogens is 295 g/mol. The number of thiazole rings is 1. The van der Waals surface area contributed by atoms with Crippen molar-refractivity contribution in [2.45, 2.75) is 13.0 Å². The maximum absolute atomic E-state index is 13.7. The molecule has 3 aromatic rings. The van der Waals surface area contributed by atoms with E-state index in [9.17, 15) is 4.39 Å². The van der Waals surface area contributed by atoms with E-state index in [-0.39, 0.29) is 11.9 Å². The number of rotatable bonds is 3. The van der Waals surface area contributed by atoms with Crippen LogP contribution in [0.3, 0.4) is 0 Å². The number of hydrogen-bond donors (Lipinski definition) is 1. The Kier molecular flexibility index (Phi) is 3.59. The molecule has 1 N–H and O–H groups in total. The van der Waals surface area contributed by atoms with Gasteiger partial charge in [-0.05, 0) is 25.1 Å². The SMILES string of the molecule is CC(Nc1nc2cccc(Cl)c2s1)c1ccccc1F. The van der Waals surface area contributed by atoms with Gasteiger partial charge in [-0.1, -0.05) is 47.2 Å². The molecule has 0 aliphatic rings. The van der Waals surface area contributed by atoms with Gasteiger partial charge in [0, 0.05) is 5.56 Å². The summed E-state index contributed by atoms with van der Waals surface area (Å²) in [6.07, 6.45) is 0. The molecule has 102 valence electrons. The summed E-state index contributed by atoms with van der Waals surface area (Å²) in [4.78, 5) is 4.47. The van der Waals surface area contributed by atoms with E-state index in [2.05, 4.69) is 10.3 Å². The fourth-order valence-electron chi connectivity index (χ4n) is 2.07. The van der Waals surface area contributed by atoms with Crippen LogP contribution in [0.1, 0.15) is 18.5 Å². The summed E-state index contributed by atoms with van der Waals surface area (Å²) in [5.41, 5.74) is 1.48.